The van der Waals surface area contributed by atoms with Crippen molar-refractivity contribution in [3.05, 3.63) is 29.8 Å². The summed E-state index contributed by atoms with van der Waals surface area (Å²) in [6.07, 6.45) is 4.26. The van der Waals surface area contributed by atoms with Crippen LogP contribution in [-0.2, 0) is 0 Å². The van der Waals surface area contributed by atoms with E-state index in [0.29, 0.717) is 12.1 Å². The maximum Gasteiger partial charge on any atom is 0.251 e. The Hall–Kier alpha value is -1.55. The number of amides is 1. The van der Waals surface area contributed by atoms with E-state index in [9.17, 15) is 9.90 Å². The first-order valence-electron chi connectivity index (χ1n) is 6.72. The molecule has 4 heteroatoms. The van der Waals surface area contributed by atoms with Gasteiger partial charge in [0.15, 0.2) is 0 Å². The van der Waals surface area contributed by atoms with Crippen LogP contribution < -0.4 is 10.1 Å². The van der Waals surface area contributed by atoms with Gasteiger partial charge in [0, 0.05) is 17.5 Å². The molecule has 1 aliphatic carbocycles. The molecule has 0 atom stereocenters. The van der Waals surface area contributed by atoms with Gasteiger partial charge in [0.05, 0.1) is 13.7 Å². The summed E-state index contributed by atoms with van der Waals surface area (Å²) in [6.45, 7) is 0.699. The molecule has 0 bridgehead atoms. The lowest BCUT2D eigenvalue weighted by atomic mass is 9.87. The Balaban J connectivity index is 1.93. The summed E-state index contributed by atoms with van der Waals surface area (Å²) in [7, 11) is 1.60. The van der Waals surface area contributed by atoms with Crippen molar-refractivity contribution in [2.24, 2.45) is 5.41 Å². The third-order valence-electron chi connectivity index (χ3n) is 3.98. The molecule has 0 heterocycles. The quantitative estimate of drug-likeness (QED) is 0.854. The molecule has 0 saturated heterocycles. The van der Waals surface area contributed by atoms with Crippen LogP contribution in [0.1, 0.15) is 36.0 Å². The maximum absolute atomic E-state index is 12.0. The number of hydrogen-bond acceptors (Lipinski definition) is 3. The van der Waals surface area contributed by atoms with Crippen molar-refractivity contribution in [2.45, 2.75) is 25.7 Å². The van der Waals surface area contributed by atoms with Crippen LogP contribution in [0.25, 0.3) is 0 Å². The molecule has 0 radical (unpaired) electrons. The highest BCUT2D eigenvalue weighted by molar-refractivity contribution is 5.94. The molecular formula is C15H21NO3. The Morgan fingerprint density at radius 1 is 1.32 bits per heavy atom. The normalized spacial score (nSPS) is 17.2. The summed E-state index contributed by atoms with van der Waals surface area (Å²) in [6, 6.07) is 7.03. The van der Waals surface area contributed by atoms with Crippen molar-refractivity contribution in [3.63, 3.8) is 0 Å². The molecule has 0 spiro atoms. The molecule has 0 aliphatic heterocycles. The highest BCUT2D eigenvalue weighted by atomic mass is 16.5. The Bertz CT molecular complexity index is 422. The van der Waals surface area contributed by atoms with Gasteiger partial charge in [-0.25, -0.2) is 0 Å². The first-order valence-corrected chi connectivity index (χ1v) is 6.72. The van der Waals surface area contributed by atoms with E-state index in [-0.39, 0.29) is 17.9 Å². The Morgan fingerprint density at radius 3 is 2.47 bits per heavy atom. The maximum atomic E-state index is 12.0. The minimum Gasteiger partial charge on any atom is -0.497 e. The molecule has 0 aromatic heterocycles. The third-order valence-corrected chi connectivity index (χ3v) is 3.98. The molecule has 1 aromatic rings. The van der Waals surface area contributed by atoms with Gasteiger partial charge in [-0.2, -0.15) is 0 Å². The SMILES string of the molecule is COc1ccc(C(=O)NCC2(CO)CCCC2)cc1. The van der Waals surface area contributed by atoms with Crippen molar-refractivity contribution in [3.8, 4) is 5.75 Å². The minimum atomic E-state index is -0.109. The van der Waals surface area contributed by atoms with Gasteiger partial charge >= 0.3 is 0 Å². The molecule has 1 amide bonds. The fourth-order valence-electron chi connectivity index (χ4n) is 2.63. The van der Waals surface area contributed by atoms with E-state index in [1.807, 2.05) is 0 Å². The molecule has 0 unspecified atom stereocenters. The number of ether oxygens (including phenoxy) is 1. The lowest BCUT2D eigenvalue weighted by molar-refractivity contribution is 0.0880. The van der Waals surface area contributed by atoms with E-state index in [1.165, 1.54) is 0 Å². The van der Waals surface area contributed by atoms with Gasteiger partial charge < -0.3 is 15.2 Å². The zero-order chi connectivity index (χ0) is 13.7. The predicted octanol–water partition coefficient (Wildman–Crippen LogP) is 1.98. The predicted molar refractivity (Wildman–Crippen MR) is 73.3 cm³/mol. The topological polar surface area (TPSA) is 58.6 Å². The highest BCUT2D eigenvalue weighted by Gasteiger charge is 2.33. The third kappa shape index (κ3) is 3.26. The van der Waals surface area contributed by atoms with Gasteiger partial charge in [-0.05, 0) is 37.1 Å². The fourth-order valence-corrected chi connectivity index (χ4v) is 2.63. The smallest absolute Gasteiger partial charge is 0.251 e. The fraction of sp³-hybridized carbons (Fsp3) is 0.533. The van der Waals surface area contributed by atoms with Gasteiger partial charge in [0.1, 0.15) is 5.75 Å². The number of hydrogen-bond donors (Lipinski definition) is 2. The number of benzene rings is 1. The largest absolute Gasteiger partial charge is 0.497 e. The van der Waals surface area contributed by atoms with Crippen molar-refractivity contribution in [1.82, 2.24) is 5.32 Å². The van der Waals surface area contributed by atoms with Gasteiger partial charge in [0.2, 0.25) is 0 Å². The van der Waals surface area contributed by atoms with Crippen LogP contribution in [0, 0.1) is 5.41 Å². The number of carbonyl (C=O) groups is 1. The number of aliphatic hydroxyl groups is 1. The van der Waals surface area contributed by atoms with Crippen LogP contribution in [0.3, 0.4) is 0 Å². The Morgan fingerprint density at radius 2 is 1.95 bits per heavy atom. The van der Waals surface area contributed by atoms with Crippen LogP contribution in [0.5, 0.6) is 5.75 Å². The molecule has 104 valence electrons. The zero-order valence-electron chi connectivity index (χ0n) is 11.3. The lowest BCUT2D eigenvalue weighted by Crippen LogP contribution is -2.38. The van der Waals surface area contributed by atoms with E-state index in [2.05, 4.69) is 5.32 Å². The number of methoxy groups -OCH3 is 1. The number of nitrogens with one attached hydrogen (secondary N) is 1. The van der Waals surface area contributed by atoms with Gasteiger partial charge in [0.25, 0.3) is 5.91 Å². The summed E-state index contributed by atoms with van der Waals surface area (Å²) in [5, 5.41) is 12.4. The standard InChI is InChI=1S/C15H21NO3/c1-19-13-6-4-12(5-7-13)14(18)16-10-15(11-17)8-2-3-9-15/h4-7,17H,2-3,8-11H2,1H3,(H,16,18). The van der Waals surface area contributed by atoms with Crippen molar-refractivity contribution >= 4 is 5.91 Å². The molecular weight excluding hydrogens is 242 g/mol. The molecule has 2 rings (SSSR count). The van der Waals surface area contributed by atoms with E-state index in [0.717, 1.165) is 31.4 Å². The van der Waals surface area contributed by atoms with Crippen LogP contribution in [0.15, 0.2) is 24.3 Å². The number of aliphatic hydroxyl groups excluding tert-OH is 1. The second-order valence-electron chi connectivity index (χ2n) is 5.28. The highest BCUT2D eigenvalue weighted by Crippen LogP contribution is 2.36. The summed E-state index contributed by atoms with van der Waals surface area (Å²) in [5.74, 6) is 0.640. The zero-order valence-corrected chi connectivity index (χ0v) is 11.3. The van der Waals surface area contributed by atoms with E-state index >= 15 is 0 Å². The first kappa shape index (κ1) is 13.9. The second-order valence-corrected chi connectivity index (χ2v) is 5.28. The summed E-state index contributed by atoms with van der Waals surface area (Å²) in [5.41, 5.74) is 0.508. The lowest BCUT2D eigenvalue weighted by Gasteiger charge is -2.26. The second kappa shape index (κ2) is 6.06. The number of carbonyl (C=O) groups excluding carboxylic acids is 1. The average Bonchev–Trinajstić information content (AvgIpc) is 2.94. The Kier molecular flexibility index (Phi) is 4.43. The summed E-state index contributed by atoms with van der Waals surface area (Å²) < 4.78 is 5.06. The summed E-state index contributed by atoms with van der Waals surface area (Å²) >= 11 is 0. The van der Waals surface area contributed by atoms with Gasteiger partial charge in [-0.3, -0.25) is 4.79 Å². The monoisotopic (exact) mass is 263 g/mol. The molecule has 1 fully saturated rings. The van der Waals surface area contributed by atoms with E-state index < -0.39 is 0 Å². The van der Waals surface area contributed by atoms with Crippen LogP contribution in [-0.4, -0.2) is 31.3 Å². The minimum absolute atomic E-state index is 0.0950. The van der Waals surface area contributed by atoms with Crippen molar-refractivity contribution in [1.29, 1.82) is 0 Å². The van der Waals surface area contributed by atoms with Crippen molar-refractivity contribution < 1.29 is 14.6 Å². The van der Waals surface area contributed by atoms with Gasteiger partial charge in [-0.1, -0.05) is 12.8 Å². The molecule has 2 N–H and O–H groups in total. The van der Waals surface area contributed by atoms with Crippen LogP contribution >= 0.6 is 0 Å². The van der Waals surface area contributed by atoms with Crippen molar-refractivity contribution in [2.75, 3.05) is 20.3 Å². The van der Waals surface area contributed by atoms with E-state index in [1.54, 1.807) is 31.4 Å². The van der Waals surface area contributed by atoms with Gasteiger partial charge in [-0.15, -0.1) is 0 Å². The summed E-state index contributed by atoms with van der Waals surface area (Å²) in [4.78, 5) is 12.0. The van der Waals surface area contributed by atoms with E-state index in [4.69, 9.17) is 4.74 Å². The molecule has 1 saturated carbocycles. The molecule has 1 aliphatic rings. The van der Waals surface area contributed by atoms with Crippen LogP contribution in [0.2, 0.25) is 0 Å². The molecule has 1 aromatic carbocycles. The van der Waals surface area contributed by atoms with Crippen LogP contribution in [0.4, 0.5) is 0 Å². The Labute approximate surface area is 113 Å². The number of rotatable bonds is 5. The molecule has 4 nitrogen and oxygen atoms in total. The average molecular weight is 263 g/mol. The first-order chi connectivity index (χ1) is 9.19. The molecule has 19 heavy (non-hydrogen) atoms.